The first kappa shape index (κ1) is 12.9. The van der Waals surface area contributed by atoms with Crippen molar-refractivity contribution in [3.63, 3.8) is 0 Å². The van der Waals surface area contributed by atoms with Crippen molar-refractivity contribution in [3.05, 3.63) is 35.4 Å². The molecule has 0 unspecified atom stereocenters. The van der Waals surface area contributed by atoms with Crippen LogP contribution in [0.3, 0.4) is 0 Å². The monoisotopic (exact) mass is 259 g/mol. The molecule has 2 rings (SSSR count). The average molecular weight is 259 g/mol. The molecule has 0 atom stereocenters. The van der Waals surface area contributed by atoms with Crippen LogP contribution >= 0.6 is 0 Å². The maximum Gasteiger partial charge on any atom is 0.417 e. The molecule has 0 saturated carbocycles. The number of benzene rings is 1. The van der Waals surface area contributed by atoms with Crippen LogP contribution in [0.4, 0.5) is 13.2 Å². The molecule has 0 aromatic heterocycles. The highest BCUT2D eigenvalue weighted by atomic mass is 19.4. The molecule has 18 heavy (non-hydrogen) atoms. The first-order chi connectivity index (χ1) is 8.50. The Morgan fingerprint density at radius 2 is 1.94 bits per heavy atom. The quantitative estimate of drug-likeness (QED) is 0.776. The van der Waals surface area contributed by atoms with E-state index in [1.807, 2.05) is 0 Å². The van der Waals surface area contributed by atoms with Crippen LogP contribution in [0.25, 0.3) is 0 Å². The van der Waals surface area contributed by atoms with Gasteiger partial charge in [0.05, 0.1) is 17.7 Å². The van der Waals surface area contributed by atoms with Crippen LogP contribution in [0.1, 0.15) is 28.8 Å². The van der Waals surface area contributed by atoms with E-state index in [0.29, 0.717) is 13.2 Å². The van der Waals surface area contributed by atoms with Crippen LogP contribution in [0.15, 0.2) is 24.3 Å². The molecule has 1 aliphatic rings. The third-order valence-corrected chi connectivity index (χ3v) is 2.69. The molecule has 0 radical (unpaired) electrons. The summed E-state index contributed by atoms with van der Waals surface area (Å²) in [5.74, 6) is -0.734. The van der Waals surface area contributed by atoms with Gasteiger partial charge in [-0.25, -0.2) is 5.06 Å². The second-order valence-electron chi connectivity index (χ2n) is 3.99. The Morgan fingerprint density at radius 3 is 2.56 bits per heavy atom. The predicted molar refractivity (Wildman–Crippen MR) is 57.7 cm³/mol. The van der Waals surface area contributed by atoms with Crippen molar-refractivity contribution in [2.45, 2.75) is 19.0 Å². The summed E-state index contributed by atoms with van der Waals surface area (Å²) in [6, 6.07) is 4.74. The molecule has 1 heterocycles. The summed E-state index contributed by atoms with van der Waals surface area (Å²) in [6.45, 7) is 0.685. The Balaban J connectivity index is 2.30. The zero-order chi connectivity index (χ0) is 13.2. The lowest BCUT2D eigenvalue weighted by atomic mass is 10.1. The predicted octanol–water partition coefficient (Wildman–Crippen LogP) is 2.87. The van der Waals surface area contributed by atoms with Crippen molar-refractivity contribution in [3.8, 4) is 0 Å². The topological polar surface area (TPSA) is 29.5 Å². The SMILES string of the molecule is O=C(c1ccccc1C(F)(F)F)N1CCCCO1. The van der Waals surface area contributed by atoms with E-state index in [9.17, 15) is 18.0 Å². The molecule has 98 valence electrons. The van der Waals surface area contributed by atoms with Crippen molar-refractivity contribution < 1.29 is 22.8 Å². The maximum absolute atomic E-state index is 12.8. The van der Waals surface area contributed by atoms with E-state index in [2.05, 4.69) is 0 Å². The van der Waals surface area contributed by atoms with Crippen LogP contribution in [-0.2, 0) is 11.0 Å². The lowest BCUT2D eigenvalue weighted by molar-refractivity contribution is -0.148. The minimum absolute atomic E-state index is 0.324. The molecule has 1 aromatic rings. The molecule has 6 heteroatoms. The first-order valence-corrected chi connectivity index (χ1v) is 5.61. The van der Waals surface area contributed by atoms with Gasteiger partial charge in [-0.3, -0.25) is 9.63 Å². The van der Waals surface area contributed by atoms with Gasteiger partial charge >= 0.3 is 6.18 Å². The second kappa shape index (κ2) is 4.97. The standard InChI is InChI=1S/C12H12F3NO2/c13-12(14,15)10-6-2-1-5-9(10)11(17)16-7-3-4-8-18-16/h1-2,5-6H,3-4,7-8H2. The fourth-order valence-corrected chi connectivity index (χ4v) is 1.81. The van der Waals surface area contributed by atoms with E-state index in [1.54, 1.807) is 0 Å². The number of halogens is 3. The van der Waals surface area contributed by atoms with Gasteiger partial charge in [-0.15, -0.1) is 0 Å². The summed E-state index contributed by atoms with van der Waals surface area (Å²) in [5.41, 5.74) is -1.30. The second-order valence-corrected chi connectivity index (χ2v) is 3.99. The summed E-state index contributed by atoms with van der Waals surface area (Å²) in [4.78, 5) is 17.0. The molecule has 0 bridgehead atoms. The summed E-state index contributed by atoms with van der Waals surface area (Å²) in [6.07, 6.45) is -2.99. The van der Waals surface area contributed by atoms with Crippen molar-refractivity contribution >= 4 is 5.91 Å². The molecule has 1 amide bonds. The first-order valence-electron chi connectivity index (χ1n) is 5.61. The number of hydroxylamine groups is 2. The summed E-state index contributed by atoms with van der Waals surface area (Å²) >= 11 is 0. The number of carbonyl (C=O) groups excluding carboxylic acids is 1. The summed E-state index contributed by atoms with van der Waals surface area (Å²) in [7, 11) is 0. The number of nitrogens with zero attached hydrogens (tertiary/aromatic N) is 1. The molecule has 1 aromatic carbocycles. The van der Waals surface area contributed by atoms with Crippen LogP contribution in [0.2, 0.25) is 0 Å². The third kappa shape index (κ3) is 2.64. The van der Waals surface area contributed by atoms with E-state index in [-0.39, 0.29) is 5.56 Å². The van der Waals surface area contributed by atoms with Crippen LogP contribution in [0.5, 0.6) is 0 Å². The Hall–Kier alpha value is -1.56. The molecular weight excluding hydrogens is 247 g/mol. The summed E-state index contributed by atoms with van der Waals surface area (Å²) in [5, 5.41) is 1.01. The van der Waals surface area contributed by atoms with Gasteiger partial charge in [-0.1, -0.05) is 12.1 Å². The zero-order valence-corrected chi connectivity index (χ0v) is 9.54. The number of rotatable bonds is 1. The lowest BCUT2D eigenvalue weighted by Gasteiger charge is -2.26. The minimum Gasteiger partial charge on any atom is -0.271 e. The van der Waals surface area contributed by atoms with Gasteiger partial charge in [-0.2, -0.15) is 13.2 Å². The highest BCUT2D eigenvalue weighted by Crippen LogP contribution is 2.32. The van der Waals surface area contributed by atoms with Crippen molar-refractivity contribution in [2.24, 2.45) is 0 Å². The number of amides is 1. The number of hydrogen-bond acceptors (Lipinski definition) is 2. The van der Waals surface area contributed by atoms with Gasteiger partial charge in [0.25, 0.3) is 5.91 Å². The highest BCUT2D eigenvalue weighted by molar-refractivity contribution is 5.95. The fraction of sp³-hybridized carbons (Fsp3) is 0.417. The van der Waals surface area contributed by atoms with Gasteiger partial charge in [0.2, 0.25) is 0 Å². The van der Waals surface area contributed by atoms with Crippen molar-refractivity contribution in [1.29, 1.82) is 0 Å². The van der Waals surface area contributed by atoms with Gasteiger partial charge in [0, 0.05) is 6.54 Å². The average Bonchev–Trinajstić information content (AvgIpc) is 2.38. The molecule has 0 aliphatic carbocycles. The fourth-order valence-electron chi connectivity index (χ4n) is 1.81. The number of alkyl halides is 3. The molecule has 3 nitrogen and oxygen atoms in total. The van der Waals surface area contributed by atoms with E-state index < -0.39 is 17.6 Å². The largest absolute Gasteiger partial charge is 0.417 e. The normalized spacial score (nSPS) is 16.7. The Morgan fingerprint density at radius 1 is 1.22 bits per heavy atom. The lowest BCUT2D eigenvalue weighted by Crippen LogP contribution is -2.36. The Kier molecular flexibility index (Phi) is 3.56. The number of hydrogen-bond donors (Lipinski definition) is 0. The van der Waals surface area contributed by atoms with Crippen LogP contribution in [0, 0.1) is 0 Å². The summed E-state index contributed by atoms with van der Waals surface area (Å²) < 4.78 is 38.3. The smallest absolute Gasteiger partial charge is 0.271 e. The molecule has 0 spiro atoms. The molecular formula is C12H12F3NO2. The maximum atomic E-state index is 12.8. The van der Waals surface area contributed by atoms with Crippen LogP contribution < -0.4 is 0 Å². The van der Waals surface area contributed by atoms with E-state index in [1.165, 1.54) is 18.2 Å². The highest BCUT2D eigenvalue weighted by Gasteiger charge is 2.36. The zero-order valence-electron chi connectivity index (χ0n) is 9.54. The Labute approximate surface area is 102 Å². The van der Waals surface area contributed by atoms with E-state index in [4.69, 9.17) is 4.84 Å². The van der Waals surface area contributed by atoms with Crippen molar-refractivity contribution in [2.75, 3.05) is 13.2 Å². The molecule has 0 N–H and O–H groups in total. The van der Waals surface area contributed by atoms with Crippen LogP contribution in [-0.4, -0.2) is 24.1 Å². The number of carbonyl (C=O) groups is 1. The van der Waals surface area contributed by atoms with Gasteiger partial charge in [-0.05, 0) is 25.0 Å². The molecule has 1 saturated heterocycles. The van der Waals surface area contributed by atoms with Gasteiger partial charge in [0.1, 0.15) is 0 Å². The third-order valence-electron chi connectivity index (χ3n) is 2.69. The van der Waals surface area contributed by atoms with E-state index in [0.717, 1.165) is 24.0 Å². The molecule has 1 fully saturated rings. The van der Waals surface area contributed by atoms with Gasteiger partial charge < -0.3 is 0 Å². The van der Waals surface area contributed by atoms with Gasteiger partial charge in [0.15, 0.2) is 0 Å². The van der Waals surface area contributed by atoms with Crippen molar-refractivity contribution in [1.82, 2.24) is 5.06 Å². The minimum atomic E-state index is -4.54. The molecule has 1 aliphatic heterocycles. The van der Waals surface area contributed by atoms with E-state index >= 15 is 0 Å². The Bertz CT molecular complexity index is 439.